The van der Waals surface area contributed by atoms with E-state index in [0.29, 0.717) is 17.9 Å². The number of hydrogen-bond acceptors (Lipinski definition) is 7. The molecule has 8 nitrogen and oxygen atoms in total. The summed E-state index contributed by atoms with van der Waals surface area (Å²) in [5.41, 5.74) is -2.20. The lowest BCUT2D eigenvalue weighted by Crippen LogP contribution is -2.14. The largest absolute Gasteiger partial charge is 0.477 e. The summed E-state index contributed by atoms with van der Waals surface area (Å²) >= 11 is 0. The van der Waals surface area contributed by atoms with Crippen LogP contribution < -0.4 is 10.1 Å². The molecule has 38 heavy (non-hydrogen) atoms. The van der Waals surface area contributed by atoms with Gasteiger partial charge in [0.2, 0.25) is 20.9 Å². The number of benzene rings is 2. The molecule has 2 N–H and O–H groups in total. The second kappa shape index (κ2) is 11.8. The first-order chi connectivity index (χ1) is 17.4. The molecule has 206 valence electrons. The van der Waals surface area contributed by atoms with Crippen molar-refractivity contribution >= 4 is 15.8 Å². The van der Waals surface area contributed by atoms with Gasteiger partial charge < -0.3 is 15.2 Å². The summed E-state index contributed by atoms with van der Waals surface area (Å²) in [7, 11) is -2.23. The van der Waals surface area contributed by atoms with Gasteiger partial charge >= 0.3 is 18.3 Å². The van der Waals surface area contributed by atoms with E-state index in [2.05, 4.69) is 15.3 Å². The minimum Gasteiger partial charge on any atom is -0.477 e. The van der Waals surface area contributed by atoms with E-state index >= 15 is 0 Å². The monoisotopic (exact) mass is 565 g/mol. The van der Waals surface area contributed by atoms with Crippen LogP contribution in [0.4, 0.5) is 26.3 Å². The van der Waals surface area contributed by atoms with E-state index < -0.39 is 44.4 Å². The van der Waals surface area contributed by atoms with Crippen LogP contribution in [0.15, 0.2) is 53.8 Å². The van der Waals surface area contributed by atoms with Crippen LogP contribution in [-0.2, 0) is 28.7 Å². The van der Waals surface area contributed by atoms with Gasteiger partial charge in [-0.15, -0.1) is 0 Å². The molecule has 15 heteroatoms. The molecule has 0 fully saturated rings. The molecule has 0 aliphatic rings. The number of rotatable bonds is 6. The zero-order valence-corrected chi connectivity index (χ0v) is 20.8. The fourth-order valence-corrected chi connectivity index (χ4v) is 3.35. The van der Waals surface area contributed by atoms with E-state index in [9.17, 15) is 39.6 Å². The predicted octanol–water partition coefficient (Wildman–Crippen LogP) is 5.12. The quantitative estimate of drug-likeness (QED) is 0.312. The van der Waals surface area contributed by atoms with E-state index in [4.69, 9.17) is 9.84 Å². The summed E-state index contributed by atoms with van der Waals surface area (Å²) in [6, 6.07) is 8.41. The number of para-hydroxylation sites is 1. The van der Waals surface area contributed by atoms with Crippen molar-refractivity contribution in [3.63, 3.8) is 0 Å². The van der Waals surface area contributed by atoms with Gasteiger partial charge in [0.05, 0.1) is 17.3 Å². The Bertz CT molecular complexity index is 1380. The van der Waals surface area contributed by atoms with Crippen molar-refractivity contribution in [2.75, 3.05) is 13.3 Å². The summed E-state index contributed by atoms with van der Waals surface area (Å²) < 4.78 is 103. The van der Waals surface area contributed by atoms with Crippen LogP contribution in [-0.4, -0.2) is 42.8 Å². The highest BCUT2D eigenvalue weighted by molar-refractivity contribution is 7.90. The van der Waals surface area contributed by atoms with Crippen LogP contribution in [0.5, 0.6) is 11.6 Å². The maximum Gasteiger partial charge on any atom is 0.416 e. The molecule has 1 heterocycles. The summed E-state index contributed by atoms with van der Waals surface area (Å²) in [6.45, 7) is 1.71. The summed E-state index contributed by atoms with van der Waals surface area (Å²) in [4.78, 5) is 18.4. The summed E-state index contributed by atoms with van der Waals surface area (Å²) in [6.07, 6.45) is -7.73. The van der Waals surface area contributed by atoms with Crippen LogP contribution >= 0.6 is 0 Å². The van der Waals surface area contributed by atoms with Gasteiger partial charge in [0.25, 0.3) is 0 Å². The number of aromatic carboxylic acids is 1. The van der Waals surface area contributed by atoms with Gasteiger partial charge in [-0.3, -0.25) is 0 Å². The van der Waals surface area contributed by atoms with Crippen LogP contribution in [0.2, 0.25) is 0 Å². The first kappa shape index (κ1) is 30.5. The first-order valence-electron chi connectivity index (χ1n) is 10.4. The predicted molar refractivity (Wildman–Crippen MR) is 123 cm³/mol. The lowest BCUT2D eigenvalue weighted by Gasteiger charge is -2.13. The maximum atomic E-state index is 12.4. The van der Waals surface area contributed by atoms with Crippen molar-refractivity contribution in [1.29, 1.82) is 0 Å². The Hall–Kier alpha value is -3.72. The van der Waals surface area contributed by atoms with Crippen molar-refractivity contribution in [3.8, 4) is 11.6 Å². The Labute approximate surface area is 213 Å². The third-order valence-corrected chi connectivity index (χ3v) is 5.48. The summed E-state index contributed by atoms with van der Waals surface area (Å²) in [5, 5.41) is 11.1. The van der Waals surface area contributed by atoms with Crippen LogP contribution in [0.3, 0.4) is 0 Å². The van der Waals surface area contributed by atoms with Crippen molar-refractivity contribution < 1.29 is 49.4 Å². The first-order valence-corrected chi connectivity index (χ1v) is 12.3. The van der Waals surface area contributed by atoms with Crippen LogP contribution in [0, 0.1) is 6.92 Å². The molecule has 2 aromatic carbocycles. The highest BCUT2D eigenvalue weighted by Crippen LogP contribution is 2.36. The molecule has 0 radical (unpaired) electrons. The van der Waals surface area contributed by atoms with E-state index in [0.717, 1.165) is 18.0 Å². The molecule has 0 spiro atoms. The second-order valence-electron chi connectivity index (χ2n) is 7.76. The SMILES string of the molecule is CNCc1cc(C(F)(F)F)cc(C(F)(F)F)c1.Cc1ccccc1Oc1nc(S(C)(=O)=O)ncc1C(=O)O. The third kappa shape index (κ3) is 8.41. The Morgan fingerprint density at radius 3 is 2.03 bits per heavy atom. The highest BCUT2D eigenvalue weighted by Gasteiger charge is 2.36. The number of hydrogen-bond donors (Lipinski definition) is 2. The van der Waals surface area contributed by atoms with Crippen molar-refractivity contribution in [2.45, 2.75) is 31.0 Å². The van der Waals surface area contributed by atoms with Gasteiger partial charge in [-0.1, -0.05) is 18.2 Å². The molecule has 3 rings (SSSR count). The normalized spacial score (nSPS) is 11.9. The zero-order chi connectivity index (χ0) is 28.9. The number of carbonyl (C=O) groups is 1. The second-order valence-corrected chi connectivity index (χ2v) is 9.67. The molecule has 0 bridgehead atoms. The molecule has 0 aliphatic carbocycles. The Morgan fingerprint density at radius 2 is 1.58 bits per heavy atom. The number of nitrogens with one attached hydrogen (secondary N) is 1. The minimum absolute atomic E-state index is 0.0605. The molecule has 0 aliphatic heterocycles. The fraction of sp³-hybridized carbons (Fsp3) is 0.261. The number of ether oxygens (including phenoxy) is 1. The standard InChI is InChI=1S/C13H12N2O5S.C10H9F6N/c1-8-5-3-4-6-10(8)20-11-9(12(16)17)7-14-13(15-11)21(2,18)19;1-17-5-6-2-7(9(11,12)13)4-8(3-6)10(14,15)16/h3-7H,1-2H3,(H,16,17);2-4,17H,5H2,1H3. The van der Waals surface area contributed by atoms with Gasteiger partial charge in [0.15, 0.2) is 0 Å². The smallest absolute Gasteiger partial charge is 0.416 e. The molecule has 0 saturated heterocycles. The number of nitrogens with zero attached hydrogens (tertiary/aromatic N) is 2. The Balaban J connectivity index is 0.000000273. The van der Waals surface area contributed by atoms with Crippen molar-refractivity contribution in [2.24, 2.45) is 0 Å². The number of aromatic nitrogens is 2. The van der Waals surface area contributed by atoms with Gasteiger partial charge in [0, 0.05) is 12.8 Å². The number of carboxylic acids is 1. The third-order valence-electron chi connectivity index (χ3n) is 4.62. The summed E-state index contributed by atoms with van der Waals surface area (Å²) in [5.74, 6) is -1.23. The van der Waals surface area contributed by atoms with E-state index in [1.54, 1.807) is 31.2 Å². The average molecular weight is 565 g/mol. The Kier molecular flexibility index (Phi) is 9.45. The van der Waals surface area contributed by atoms with Crippen LogP contribution in [0.1, 0.15) is 32.6 Å². The molecular weight excluding hydrogens is 544 g/mol. The van der Waals surface area contributed by atoms with E-state index in [1.165, 1.54) is 7.05 Å². The van der Waals surface area contributed by atoms with Gasteiger partial charge in [0.1, 0.15) is 11.3 Å². The number of alkyl halides is 6. The van der Waals surface area contributed by atoms with Gasteiger partial charge in [-0.2, -0.15) is 31.3 Å². The fourth-order valence-electron chi connectivity index (χ4n) is 2.85. The molecule has 1 aromatic heterocycles. The average Bonchev–Trinajstić information content (AvgIpc) is 2.79. The number of halogens is 6. The van der Waals surface area contributed by atoms with Crippen LogP contribution in [0.25, 0.3) is 0 Å². The molecule has 0 amide bonds. The van der Waals surface area contributed by atoms with Gasteiger partial charge in [-0.05, 0) is 49.4 Å². The maximum absolute atomic E-state index is 12.4. The molecule has 3 aromatic rings. The number of sulfone groups is 1. The highest BCUT2D eigenvalue weighted by atomic mass is 32.2. The molecular formula is C23H21F6N3O5S. The topological polar surface area (TPSA) is 118 Å². The van der Waals surface area contributed by atoms with Gasteiger partial charge in [-0.25, -0.2) is 18.2 Å². The van der Waals surface area contributed by atoms with Crippen molar-refractivity contribution in [3.05, 3.63) is 76.5 Å². The lowest BCUT2D eigenvalue weighted by atomic mass is 10.0. The Morgan fingerprint density at radius 1 is 1.03 bits per heavy atom. The molecule has 0 unspecified atom stereocenters. The number of carboxylic acid groups (broad SMARTS) is 1. The molecule has 0 atom stereocenters. The number of aryl methyl sites for hydroxylation is 1. The van der Waals surface area contributed by atoms with E-state index in [1.807, 2.05) is 0 Å². The minimum atomic E-state index is -4.79. The zero-order valence-electron chi connectivity index (χ0n) is 20.0. The molecule has 0 saturated carbocycles. The van der Waals surface area contributed by atoms with E-state index in [-0.39, 0.29) is 29.6 Å². The van der Waals surface area contributed by atoms with Crippen molar-refractivity contribution in [1.82, 2.24) is 15.3 Å². The lowest BCUT2D eigenvalue weighted by molar-refractivity contribution is -0.143.